The molecule has 2 heterocycles. The van der Waals surface area contributed by atoms with Gasteiger partial charge in [-0.1, -0.05) is 0 Å². The van der Waals surface area contributed by atoms with Gasteiger partial charge in [0.2, 0.25) is 0 Å². The number of hydrogen-bond acceptors (Lipinski definition) is 3. The van der Waals surface area contributed by atoms with Crippen molar-refractivity contribution in [2.75, 3.05) is 39.8 Å². The molecule has 0 aromatic rings. The molecule has 2 rings (SSSR count). The molecule has 0 bridgehead atoms. The smallest absolute Gasteiger partial charge is 0.106 e. The van der Waals surface area contributed by atoms with E-state index in [-0.39, 0.29) is 5.60 Å². The van der Waals surface area contributed by atoms with Crippen LogP contribution in [0.25, 0.3) is 0 Å². The number of likely N-dealkylation sites (N-methyl/N-ethyl adjacent to an activating group) is 1. The standard InChI is InChI=1S/C7H14N2O/c1-9-2-3-10-7(6-9)4-8-5-7/h8H,2-6H2,1H3. The molecule has 10 heavy (non-hydrogen) atoms. The van der Waals surface area contributed by atoms with Crippen LogP contribution in [0.5, 0.6) is 0 Å². The van der Waals surface area contributed by atoms with Crippen molar-refractivity contribution in [2.24, 2.45) is 0 Å². The molecular weight excluding hydrogens is 128 g/mol. The Bertz CT molecular complexity index is 134. The lowest BCUT2D eigenvalue weighted by molar-refractivity contribution is -0.130. The molecule has 0 saturated carbocycles. The highest BCUT2D eigenvalue weighted by Crippen LogP contribution is 2.20. The minimum absolute atomic E-state index is 0.188. The first-order valence-electron chi connectivity index (χ1n) is 3.84. The zero-order valence-corrected chi connectivity index (χ0v) is 6.39. The molecule has 0 aliphatic carbocycles. The predicted octanol–water partition coefficient (Wildman–Crippen LogP) is -0.710. The highest BCUT2D eigenvalue weighted by atomic mass is 16.5. The maximum atomic E-state index is 5.67. The van der Waals surface area contributed by atoms with Crippen LogP contribution >= 0.6 is 0 Å². The summed E-state index contributed by atoms with van der Waals surface area (Å²) in [5.41, 5.74) is 0.188. The monoisotopic (exact) mass is 142 g/mol. The second kappa shape index (κ2) is 2.19. The van der Waals surface area contributed by atoms with Crippen molar-refractivity contribution < 1.29 is 4.74 Å². The summed E-state index contributed by atoms with van der Waals surface area (Å²) in [4.78, 5) is 2.34. The number of morpholine rings is 1. The van der Waals surface area contributed by atoms with Gasteiger partial charge in [-0.3, -0.25) is 0 Å². The highest BCUT2D eigenvalue weighted by molar-refractivity contribution is 4.98. The van der Waals surface area contributed by atoms with E-state index < -0.39 is 0 Å². The maximum Gasteiger partial charge on any atom is 0.106 e. The second-order valence-corrected chi connectivity index (χ2v) is 3.37. The fourth-order valence-electron chi connectivity index (χ4n) is 1.65. The van der Waals surface area contributed by atoms with E-state index in [1.165, 1.54) is 0 Å². The maximum absolute atomic E-state index is 5.67. The molecule has 0 unspecified atom stereocenters. The lowest BCUT2D eigenvalue weighted by Gasteiger charge is -2.47. The van der Waals surface area contributed by atoms with Gasteiger partial charge in [0.05, 0.1) is 6.61 Å². The summed E-state index contributed by atoms with van der Waals surface area (Å²) in [6, 6.07) is 0. The molecule has 0 aromatic carbocycles. The largest absolute Gasteiger partial charge is 0.370 e. The third-order valence-electron chi connectivity index (χ3n) is 2.33. The molecule has 58 valence electrons. The van der Waals surface area contributed by atoms with Crippen LogP contribution in [0.3, 0.4) is 0 Å². The van der Waals surface area contributed by atoms with Crippen molar-refractivity contribution in [1.29, 1.82) is 0 Å². The zero-order valence-electron chi connectivity index (χ0n) is 6.39. The van der Waals surface area contributed by atoms with Crippen LogP contribution in [0.15, 0.2) is 0 Å². The lowest BCUT2D eigenvalue weighted by Crippen LogP contribution is -2.68. The molecule has 3 heteroatoms. The quantitative estimate of drug-likeness (QED) is 0.483. The van der Waals surface area contributed by atoms with Gasteiger partial charge in [0, 0.05) is 26.2 Å². The van der Waals surface area contributed by atoms with Crippen molar-refractivity contribution in [3.05, 3.63) is 0 Å². The molecule has 2 aliphatic heterocycles. The van der Waals surface area contributed by atoms with Crippen LogP contribution in [0.4, 0.5) is 0 Å². The van der Waals surface area contributed by atoms with Gasteiger partial charge >= 0.3 is 0 Å². The summed E-state index contributed by atoms with van der Waals surface area (Å²) in [5, 5.41) is 3.24. The Kier molecular flexibility index (Phi) is 1.44. The van der Waals surface area contributed by atoms with E-state index in [1.54, 1.807) is 0 Å². The Labute approximate surface area is 61.3 Å². The van der Waals surface area contributed by atoms with Crippen LogP contribution in [0, 0.1) is 0 Å². The van der Waals surface area contributed by atoms with E-state index in [1.807, 2.05) is 0 Å². The number of nitrogens with zero attached hydrogens (tertiary/aromatic N) is 1. The first-order valence-corrected chi connectivity index (χ1v) is 3.84. The van der Waals surface area contributed by atoms with E-state index in [0.29, 0.717) is 0 Å². The summed E-state index contributed by atoms with van der Waals surface area (Å²) in [6.45, 7) is 5.16. The van der Waals surface area contributed by atoms with Gasteiger partial charge < -0.3 is 15.0 Å². The van der Waals surface area contributed by atoms with Crippen molar-refractivity contribution in [1.82, 2.24) is 10.2 Å². The van der Waals surface area contributed by atoms with Gasteiger partial charge in [-0.05, 0) is 7.05 Å². The Morgan fingerprint density at radius 2 is 2.30 bits per heavy atom. The van der Waals surface area contributed by atoms with Crippen molar-refractivity contribution in [3.63, 3.8) is 0 Å². The predicted molar refractivity (Wildman–Crippen MR) is 39.0 cm³/mol. The number of ether oxygens (including phenoxy) is 1. The van der Waals surface area contributed by atoms with Crippen LogP contribution in [0.1, 0.15) is 0 Å². The summed E-state index contributed by atoms with van der Waals surface area (Å²) >= 11 is 0. The topological polar surface area (TPSA) is 24.5 Å². The average molecular weight is 142 g/mol. The molecular formula is C7H14N2O. The first kappa shape index (κ1) is 6.58. The van der Waals surface area contributed by atoms with Gasteiger partial charge in [0.25, 0.3) is 0 Å². The van der Waals surface area contributed by atoms with Gasteiger partial charge in [0.1, 0.15) is 5.60 Å². The molecule has 2 fully saturated rings. The van der Waals surface area contributed by atoms with Crippen molar-refractivity contribution in [3.8, 4) is 0 Å². The molecule has 2 saturated heterocycles. The third kappa shape index (κ3) is 0.944. The molecule has 0 amide bonds. The van der Waals surface area contributed by atoms with Crippen molar-refractivity contribution in [2.45, 2.75) is 5.60 Å². The van der Waals surface area contributed by atoms with E-state index >= 15 is 0 Å². The fraction of sp³-hybridized carbons (Fsp3) is 1.00. The van der Waals surface area contributed by atoms with E-state index in [9.17, 15) is 0 Å². The van der Waals surface area contributed by atoms with E-state index in [0.717, 1.165) is 32.8 Å². The van der Waals surface area contributed by atoms with Crippen LogP contribution < -0.4 is 5.32 Å². The molecule has 0 radical (unpaired) electrons. The summed E-state index contributed by atoms with van der Waals surface area (Å²) < 4.78 is 5.67. The van der Waals surface area contributed by atoms with Gasteiger partial charge in [0.15, 0.2) is 0 Å². The number of hydrogen-bond donors (Lipinski definition) is 1. The summed E-state index contributed by atoms with van der Waals surface area (Å²) in [6.07, 6.45) is 0. The Balaban J connectivity index is 1.96. The molecule has 2 aliphatic rings. The molecule has 0 atom stereocenters. The lowest BCUT2D eigenvalue weighted by atomic mass is 9.95. The SMILES string of the molecule is CN1CCOC2(CNC2)C1. The first-order chi connectivity index (χ1) is 4.81. The average Bonchev–Trinajstić information content (AvgIpc) is 1.85. The normalized spacial score (nSPS) is 32.1. The minimum Gasteiger partial charge on any atom is -0.370 e. The Hall–Kier alpha value is -0.120. The fourth-order valence-corrected chi connectivity index (χ4v) is 1.65. The number of rotatable bonds is 0. The van der Waals surface area contributed by atoms with E-state index in [2.05, 4.69) is 17.3 Å². The Morgan fingerprint density at radius 3 is 2.70 bits per heavy atom. The molecule has 0 aromatic heterocycles. The zero-order chi connectivity index (χ0) is 7.03. The van der Waals surface area contributed by atoms with Crippen LogP contribution in [-0.2, 0) is 4.74 Å². The Morgan fingerprint density at radius 1 is 1.50 bits per heavy atom. The van der Waals surface area contributed by atoms with Crippen molar-refractivity contribution >= 4 is 0 Å². The molecule has 1 spiro atoms. The van der Waals surface area contributed by atoms with Crippen LogP contribution in [0.2, 0.25) is 0 Å². The number of nitrogens with one attached hydrogen (secondary N) is 1. The van der Waals surface area contributed by atoms with Gasteiger partial charge in [-0.2, -0.15) is 0 Å². The van der Waals surface area contributed by atoms with Gasteiger partial charge in [-0.15, -0.1) is 0 Å². The summed E-state index contributed by atoms with van der Waals surface area (Å²) in [5.74, 6) is 0. The molecule has 1 N–H and O–H groups in total. The highest BCUT2D eigenvalue weighted by Gasteiger charge is 2.40. The second-order valence-electron chi connectivity index (χ2n) is 3.37. The van der Waals surface area contributed by atoms with Gasteiger partial charge in [-0.25, -0.2) is 0 Å². The van der Waals surface area contributed by atoms with Crippen LogP contribution in [-0.4, -0.2) is 50.3 Å². The molecule has 3 nitrogen and oxygen atoms in total. The minimum atomic E-state index is 0.188. The van der Waals surface area contributed by atoms with E-state index in [4.69, 9.17) is 4.74 Å². The summed E-state index contributed by atoms with van der Waals surface area (Å²) in [7, 11) is 2.16. The third-order valence-corrected chi connectivity index (χ3v) is 2.33.